The van der Waals surface area contributed by atoms with Crippen molar-refractivity contribution < 1.29 is 14.3 Å². The smallest absolute Gasteiger partial charge is 0.258 e. The van der Waals surface area contributed by atoms with Crippen molar-refractivity contribution in [3.05, 3.63) is 24.3 Å². The molecule has 1 aliphatic heterocycles. The molecule has 0 unspecified atom stereocenters. The van der Waals surface area contributed by atoms with E-state index >= 15 is 0 Å². The second-order valence-corrected chi connectivity index (χ2v) is 7.97. The molecule has 3 rings (SSSR count). The van der Waals surface area contributed by atoms with Crippen LogP contribution in [0.15, 0.2) is 24.3 Å². The van der Waals surface area contributed by atoms with Crippen molar-refractivity contribution in [1.29, 1.82) is 0 Å². The minimum absolute atomic E-state index is 0.105. The monoisotopic (exact) mass is 404 g/mol. The van der Waals surface area contributed by atoms with E-state index in [2.05, 4.69) is 30.0 Å². The van der Waals surface area contributed by atoms with Gasteiger partial charge in [-0.15, -0.1) is 0 Å². The van der Waals surface area contributed by atoms with Crippen LogP contribution in [0.2, 0.25) is 0 Å². The van der Waals surface area contributed by atoms with Crippen molar-refractivity contribution in [2.45, 2.75) is 45.6 Å². The molecule has 1 aliphatic carbocycles. The number of benzene rings is 1. The molecule has 3 atom stereocenters. The van der Waals surface area contributed by atoms with Gasteiger partial charge in [0, 0.05) is 6.04 Å². The van der Waals surface area contributed by atoms with Gasteiger partial charge in [-0.3, -0.25) is 25.3 Å². The molecule has 1 aromatic rings. The summed E-state index contributed by atoms with van der Waals surface area (Å²) in [6, 6.07) is 7.53. The molecule has 2 amide bonds. The Hall–Kier alpha value is -2.35. The summed E-state index contributed by atoms with van der Waals surface area (Å²) in [4.78, 5) is 26.2. The van der Waals surface area contributed by atoms with Crippen LogP contribution in [-0.4, -0.2) is 36.1 Å². The Morgan fingerprint density at radius 1 is 1.25 bits per heavy atom. The number of ether oxygens (including phenoxy) is 1. The van der Waals surface area contributed by atoms with Crippen LogP contribution in [0.25, 0.3) is 0 Å². The Kier molecular flexibility index (Phi) is 6.72. The van der Waals surface area contributed by atoms with E-state index < -0.39 is 0 Å². The number of para-hydroxylation sites is 2. The van der Waals surface area contributed by atoms with Crippen LogP contribution < -0.4 is 25.8 Å². The molecule has 1 saturated carbocycles. The number of hydrogen-bond acceptors (Lipinski definition) is 4. The highest BCUT2D eigenvalue weighted by atomic mass is 32.1. The van der Waals surface area contributed by atoms with Crippen LogP contribution in [0, 0.1) is 11.8 Å². The second-order valence-electron chi connectivity index (χ2n) is 7.57. The first kappa shape index (κ1) is 20.4. The summed E-state index contributed by atoms with van der Waals surface area (Å²) in [6.45, 7) is 4.69. The van der Waals surface area contributed by atoms with Gasteiger partial charge in [-0.05, 0) is 42.6 Å². The molecule has 7 nitrogen and oxygen atoms in total. The van der Waals surface area contributed by atoms with Crippen LogP contribution in [0.1, 0.15) is 39.5 Å². The van der Waals surface area contributed by atoms with Gasteiger partial charge in [-0.25, -0.2) is 0 Å². The Morgan fingerprint density at radius 2 is 2.04 bits per heavy atom. The number of hydrazine groups is 1. The molecule has 0 saturated heterocycles. The van der Waals surface area contributed by atoms with Crippen molar-refractivity contribution in [3.63, 3.8) is 0 Å². The molecule has 152 valence electrons. The molecule has 3 N–H and O–H groups in total. The summed E-state index contributed by atoms with van der Waals surface area (Å²) in [5.41, 5.74) is 5.95. The molecule has 0 radical (unpaired) electrons. The number of amides is 2. The highest BCUT2D eigenvalue weighted by Crippen LogP contribution is 2.31. The van der Waals surface area contributed by atoms with Crippen LogP contribution in [0.5, 0.6) is 5.75 Å². The van der Waals surface area contributed by atoms with Gasteiger partial charge in [0.05, 0.1) is 18.7 Å². The molecule has 1 heterocycles. The normalized spacial score (nSPS) is 24.4. The fraction of sp³-hybridized carbons (Fsp3) is 0.550. The lowest BCUT2D eigenvalue weighted by molar-refractivity contribution is -0.124. The average Bonchev–Trinajstić information content (AvgIpc) is 2.83. The molecule has 1 fully saturated rings. The standard InChI is InChI=1S/C20H28N4O3S/c1-13-6-5-7-15(14(13)2)21-20(28)23-22-18(25)12-24-16-8-3-4-9-17(16)27-11-10-19(24)26/h3-4,8-9,13-15H,5-7,10-12H2,1-2H3,(H,22,25)(H2,21,23,28)/t13-,14+,15+/m0/s1. The minimum Gasteiger partial charge on any atom is -0.491 e. The van der Waals surface area contributed by atoms with Crippen LogP contribution in [0.4, 0.5) is 5.69 Å². The number of thiocarbonyl (C=S) groups is 1. The van der Waals surface area contributed by atoms with Gasteiger partial charge < -0.3 is 10.1 Å². The van der Waals surface area contributed by atoms with Crippen molar-refractivity contribution in [2.75, 3.05) is 18.1 Å². The molecule has 1 aromatic carbocycles. The SMILES string of the molecule is C[C@@H]1[C@@H](C)CCC[C@H]1NC(=S)NNC(=O)CN1C(=O)CCOc2ccccc21. The van der Waals surface area contributed by atoms with Crippen LogP contribution >= 0.6 is 12.2 Å². The first-order chi connectivity index (χ1) is 13.5. The van der Waals surface area contributed by atoms with E-state index in [0.717, 1.165) is 6.42 Å². The zero-order valence-corrected chi connectivity index (χ0v) is 17.2. The summed E-state index contributed by atoms with van der Waals surface area (Å²) in [7, 11) is 0. The minimum atomic E-state index is -0.348. The van der Waals surface area contributed by atoms with Gasteiger partial charge in [0.1, 0.15) is 12.3 Å². The average molecular weight is 405 g/mol. The molecular weight excluding hydrogens is 376 g/mol. The predicted octanol–water partition coefficient (Wildman–Crippen LogP) is 2.12. The number of carbonyl (C=O) groups is 2. The summed E-state index contributed by atoms with van der Waals surface area (Å²) in [5.74, 6) is 1.28. The first-order valence-corrected chi connectivity index (χ1v) is 10.2. The Labute approximate surface area is 171 Å². The third kappa shape index (κ3) is 4.92. The van der Waals surface area contributed by atoms with E-state index in [1.165, 1.54) is 17.7 Å². The van der Waals surface area contributed by atoms with Gasteiger partial charge in [-0.1, -0.05) is 38.8 Å². The zero-order valence-electron chi connectivity index (χ0n) is 16.4. The number of nitrogens with one attached hydrogen (secondary N) is 3. The van der Waals surface area contributed by atoms with Crippen molar-refractivity contribution in [2.24, 2.45) is 11.8 Å². The van der Waals surface area contributed by atoms with Crippen LogP contribution in [-0.2, 0) is 9.59 Å². The fourth-order valence-electron chi connectivity index (χ4n) is 3.79. The third-order valence-electron chi connectivity index (χ3n) is 5.67. The molecular formula is C20H28N4O3S. The number of rotatable bonds is 3. The van der Waals surface area contributed by atoms with Gasteiger partial charge in [-0.2, -0.15) is 0 Å². The highest BCUT2D eigenvalue weighted by molar-refractivity contribution is 7.80. The summed E-state index contributed by atoms with van der Waals surface area (Å²) < 4.78 is 5.59. The Bertz CT molecular complexity index is 742. The zero-order chi connectivity index (χ0) is 20.1. The Balaban J connectivity index is 1.52. The van der Waals surface area contributed by atoms with Crippen LogP contribution in [0.3, 0.4) is 0 Å². The number of nitrogens with zero attached hydrogens (tertiary/aromatic N) is 1. The van der Waals surface area contributed by atoms with E-state index in [1.54, 1.807) is 12.1 Å². The molecule has 8 heteroatoms. The highest BCUT2D eigenvalue weighted by Gasteiger charge is 2.28. The third-order valence-corrected chi connectivity index (χ3v) is 5.89. The number of carbonyl (C=O) groups excluding carboxylic acids is 2. The molecule has 2 aliphatic rings. The summed E-state index contributed by atoms with van der Waals surface area (Å²) in [5, 5.41) is 3.69. The Morgan fingerprint density at radius 3 is 2.86 bits per heavy atom. The first-order valence-electron chi connectivity index (χ1n) is 9.83. The van der Waals surface area contributed by atoms with Gasteiger partial charge in [0.2, 0.25) is 5.91 Å². The van der Waals surface area contributed by atoms with Gasteiger partial charge in [0.15, 0.2) is 5.11 Å². The number of fused-ring (bicyclic) bond motifs is 1. The van der Waals surface area contributed by atoms with Gasteiger partial charge in [0.25, 0.3) is 5.91 Å². The lowest BCUT2D eigenvalue weighted by atomic mass is 9.78. The molecule has 0 bridgehead atoms. The van der Waals surface area contributed by atoms with Crippen molar-refractivity contribution >= 4 is 34.8 Å². The van der Waals surface area contributed by atoms with E-state index in [0.29, 0.717) is 41.0 Å². The van der Waals surface area contributed by atoms with E-state index in [-0.39, 0.29) is 24.8 Å². The van der Waals surface area contributed by atoms with E-state index in [4.69, 9.17) is 17.0 Å². The van der Waals surface area contributed by atoms with E-state index in [1.807, 2.05) is 12.1 Å². The van der Waals surface area contributed by atoms with E-state index in [9.17, 15) is 9.59 Å². The topological polar surface area (TPSA) is 82.7 Å². The molecule has 28 heavy (non-hydrogen) atoms. The molecule has 0 aromatic heterocycles. The quantitative estimate of drug-likeness (QED) is 0.529. The fourth-order valence-corrected chi connectivity index (χ4v) is 4.00. The lowest BCUT2D eigenvalue weighted by Gasteiger charge is -2.35. The van der Waals surface area contributed by atoms with Gasteiger partial charge >= 0.3 is 0 Å². The summed E-state index contributed by atoms with van der Waals surface area (Å²) in [6.07, 6.45) is 3.72. The number of anilines is 1. The lowest BCUT2D eigenvalue weighted by Crippen LogP contribution is -2.54. The van der Waals surface area contributed by atoms with Crippen molar-refractivity contribution in [3.8, 4) is 5.75 Å². The largest absolute Gasteiger partial charge is 0.491 e. The maximum atomic E-state index is 12.4. The predicted molar refractivity (Wildman–Crippen MR) is 112 cm³/mol. The summed E-state index contributed by atoms with van der Waals surface area (Å²) >= 11 is 5.32. The number of hydrogen-bond donors (Lipinski definition) is 3. The van der Waals surface area contributed by atoms with Crippen molar-refractivity contribution in [1.82, 2.24) is 16.2 Å². The molecule has 0 spiro atoms. The maximum absolute atomic E-state index is 12.4. The maximum Gasteiger partial charge on any atom is 0.258 e. The second kappa shape index (κ2) is 9.23.